The van der Waals surface area contributed by atoms with Crippen LogP contribution >= 0.6 is 11.3 Å². The van der Waals surface area contributed by atoms with E-state index in [1.807, 2.05) is 61.7 Å². The van der Waals surface area contributed by atoms with Crippen molar-refractivity contribution in [2.24, 2.45) is 0 Å². The van der Waals surface area contributed by atoms with Crippen LogP contribution < -0.4 is 15.0 Å². The number of nitrogens with one attached hydrogen (secondary N) is 1. The number of methoxy groups -OCH3 is 1. The summed E-state index contributed by atoms with van der Waals surface area (Å²) in [4.78, 5) is 28.6. The van der Waals surface area contributed by atoms with Gasteiger partial charge in [0.2, 0.25) is 0 Å². The molecule has 0 spiro atoms. The maximum atomic E-state index is 13.3. The molecule has 6 heteroatoms. The molecule has 1 N–H and O–H groups in total. The Morgan fingerprint density at radius 2 is 1.66 bits per heavy atom. The van der Waals surface area contributed by atoms with Gasteiger partial charge in [0, 0.05) is 4.88 Å². The highest BCUT2D eigenvalue weighted by Crippen LogP contribution is 2.37. The van der Waals surface area contributed by atoms with Crippen LogP contribution in [0, 0.1) is 13.8 Å². The maximum absolute atomic E-state index is 13.3. The summed E-state index contributed by atoms with van der Waals surface area (Å²) >= 11 is 1.42. The monoisotopic (exact) mass is 404 g/mol. The van der Waals surface area contributed by atoms with Gasteiger partial charge in [-0.2, -0.15) is 0 Å². The highest BCUT2D eigenvalue weighted by molar-refractivity contribution is 7.11. The fourth-order valence-electron chi connectivity index (χ4n) is 3.28. The van der Waals surface area contributed by atoms with E-state index in [0.29, 0.717) is 22.7 Å². The van der Waals surface area contributed by atoms with Crippen molar-refractivity contribution in [1.29, 1.82) is 0 Å². The standard InChI is InChI=1S/C23H20N2O3S/c1-14-6-9-16(10-7-14)25-22(26)20(19-5-4-12-29-19)21(23(25)27)24-17-13-15(2)8-11-18(17)28-3/h4-13,24H,1-3H3. The third kappa shape index (κ3) is 3.43. The molecule has 1 aromatic heterocycles. The second-order valence-corrected chi connectivity index (χ2v) is 7.78. The van der Waals surface area contributed by atoms with E-state index in [-0.39, 0.29) is 17.5 Å². The number of benzene rings is 2. The molecule has 0 saturated carbocycles. The topological polar surface area (TPSA) is 58.6 Å². The average Bonchev–Trinajstić information content (AvgIpc) is 3.30. The molecule has 2 amide bonds. The Kier molecular flexibility index (Phi) is 4.94. The van der Waals surface area contributed by atoms with Gasteiger partial charge in [-0.05, 0) is 55.1 Å². The lowest BCUT2D eigenvalue weighted by Crippen LogP contribution is -2.32. The highest BCUT2D eigenvalue weighted by Gasteiger charge is 2.40. The van der Waals surface area contributed by atoms with Crippen molar-refractivity contribution in [3.8, 4) is 5.75 Å². The zero-order valence-electron chi connectivity index (χ0n) is 16.4. The van der Waals surface area contributed by atoms with Crippen molar-refractivity contribution in [3.05, 3.63) is 81.7 Å². The van der Waals surface area contributed by atoms with Crippen LogP contribution in [-0.4, -0.2) is 18.9 Å². The Morgan fingerprint density at radius 3 is 2.31 bits per heavy atom. The smallest absolute Gasteiger partial charge is 0.282 e. The highest BCUT2D eigenvalue weighted by atomic mass is 32.1. The van der Waals surface area contributed by atoms with Crippen molar-refractivity contribution in [2.45, 2.75) is 13.8 Å². The molecule has 0 unspecified atom stereocenters. The lowest BCUT2D eigenvalue weighted by Gasteiger charge is -2.16. The Bertz CT molecular complexity index is 1120. The zero-order chi connectivity index (χ0) is 20.5. The predicted molar refractivity (Wildman–Crippen MR) is 116 cm³/mol. The van der Waals surface area contributed by atoms with Crippen molar-refractivity contribution >= 4 is 40.1 Å². The molecule has 146 valence electrons. The van der Waals surface area contributed by atoms with Crippen molar-refractivity contribution in [2.75, 3.05) is 17.3 Å². The number of anilines is 2. The number of nitrogens with zero attached hydrogens (tertiary/aromatic N) is 1. The number of amides is 2. The van der Waals surface area contributed by atoms with Gasteiger partial charge in [0.05, 0.1) is 24.1 Å². The minimum atomic E-state index is -0.384. The number of aryl methyl sites for hydroxylation is 2. The van der Waals surface area contributed by atoms with Gasteiger partial charge < -0.3 is 10.1 Å². The maximum Gasteiger partial charge on any atom is 0.282 e. The van der Waals surface area contributed by atoms with Crippen molar-refractivity contribution in [3.63, 3.8) is 0 Å². The van der Waals surface area contributed by atoms with E-state index in [1.165, 1.54) is 16.2 Å². The first-order valence-electron chi connectivity index (χ1n) is 9.15. The van der Waals surface area contributed by atoms with Gasteiger partial charge in [0.15, 0.2) is 0 Å². The van der Waals surface area contributed by atoms with Gasteiger partial charge in [-0.1, -0.05) is 29.8 Å². The Morgan fingerprint density at radius 1 is 0.931 bits per heavy atom. The first-order valence-corrected chi connectivity index (χ1v) is 10.0. The third-order valence-corrected chi connectivity index (χ3v) is 5.65. The van der Waals surface area contributed by atoms with E-state index in [1.54, 1.807) is 19.2 Å². The summed E-state index contributed by atoms with van der Waals surface area (Å²) in [5.41, 5.74) is 3.88. The number of imide groups is 1. The van der Waals surface area contributed by atoms with Crippen LogP contribution in [0.25, 0.3) is 5.57 Å². The molecule has 0 fully saturated rings. The van der Waals surface area contributed by atoms with E-state index >= 15 is 0 Å². The molecule has 5 nitrogen and oxygen atoms in total. The quantitative estimate of drug-likeness (QED) is 0.623. The molecule has 1 aliphatic rings. The predicted octanol–water partition coefficient (Wildman–Crippen LogP) is 4.77. The van der Waals surface area contributed by atoms with Gasteiger partial charge in [-0.3, -0.25) is 9.59 Å². The Balaban J connectivity index is 1.82. The molecule has 0 saturated heterocycles. The van der Waals surface area contributed by atoms with Crippen LogP contribution in [-0.2, 0) is 9.59 Å². The average molecular weight is 404 g/mol. The summed E-state index contributed by atoms with van der Waals surface area (Å²) in [5, 5.41) is 5.07. The van der Waals surface area contributed by atoms with Gasteiger partial charge in [-0.25, -0.2) is 4.90 Å². The molecular weight excluding hydrogens is 384 g/mol. The third-order valence-electron chi connectivity index (χ3n) is 4.76. The molecule has 2 heterocycles. The Labute approximate surface area is 173 Å². The second-order valence-electron chi connectivity index (χ2n) is 6.84. The SMILES string of the molecule is COc1ccc(C)cc1NC1=C(c2cccs2)C(=O)N(c2ccc(C)cc2)C1=O. The van der Waals surface area contributed by atoms with Gasteiger partial charge in [-0.15, -0.1) is 11.3 Å². The minimum Gasteiger partial charge on any atom is -0.495 e. The molecule has 0 aliphatic carbocycles. The molecule has 0 radical (unpaired) electrons. The molecule has 3 aromatic rings. The van der Waals surface area contributed by atoms with Gasteiger partial charge in [0.1, 0.15) is 11.4 Å². The van der Waals surface area contributed by atoms with Crippen molar-refractivity contribution < 1.29 is 14.3 Å². The van der Waals surface area contributed by atoms with E-state index in [9.17, 15) is 9.59 Å². The number of ether oxygens (including phenoxy) is 1. The largest absolute Gasteiger partial charge is 0.495 e. The fourth-order valence-corrected chi connectivity index (χ4v) is 4.05. The number of carbonyl (C=O) groups is 2. The molecule has 29 heavy (non-hydrogen) atoms. The molecule has 4 rings (SSSR count). The molecular formula is C23H20N2O3S. The van der Waals surface area contributed by atoms with Crippen LogP contribution in [0.15, 0.2) is 65.7 Å². The number of hydrogen-bond acceptors (Lipinski definition) is 5. The van der Waals surface area contributed by atoms with E-state index in [0.717, 1.165) is 16.0 Å². The summed E-state index contributed by atoms with van der Waals surface area (Å²) in [5.74, 6) is -0.121. The minimum absolute atomic E-state index is 0.252. The Hall–Kier alpha value is -3.38. The van der Waals surface area contributed by atoms with Crippen molar-refractivity contribution in [1.82, 2.24) is 0 Å². The summed E-state index contributed by atoms with van der Waals surface area (Å²) in [6.07, 6.45) is 0. The number of thiophene rings is 1. The first-order chi connectivity index (χ1) is 14.0. The second kappa shape index (κ2) is 7.56. The fraction of sp³-hybridized carbons (Fsp3) is 0.130. The van der Waals surface area contributed by atoms with E-state index in [2.05, 4.69) is 5.32 Å². The van der Waals surface area contributed by atoms with Gasteiger partial charge >= 0.3 is 0 Å². The molecule has 0 atom stereocenters. The first kappa shape index (κ1) is 19.0. The van der Waals surface area contributed by atoms with Crippen LogP contribution in [0.2, 0.25) is 0 Å². The summed E-state index contributed by atoms with van der Waals surface area (Å²) in [6, 6.07) is 16.7. The van der Waals surface area contributed by atoms with E-state index in [4.69, 9.17) is 4.74 Å². The number of carbonyl (C=O) groups excluding carboxylic acids is 2. The lowest BCUT2D eigenvalue weighted by molar-refractivity contribution is -0.120. The lowest BCUT2D eigenvalue weighted by atomic mass is 10.1. The van der Waals surface area contributed by atoms with Crippen LogP contribution in [0.5, 0.6) is 5.75 Å². The normalized spacial score (nSPS) is 14.0. The molecule has 2 aromatic carbocycles. The number of hydrogen-bond donors (Lipinski definition) is 1. The van der Waals surface area contributed by atoms with Gasteiger partial charge in [0.25, 0.3) is 11.8 Å². The summed E-state index contributed by atoms with van der Waals surface area (Å²) in [6.45, 7) is 3.92. The number of rotatable bonds is 5. The zero-order valence-corrected chi connectivity index (χ0v) is 17.2. The van der Waals surface area contributed by atoms with Crippen LogP contribution in [0.3, 0.4) is 0 Å². The van der Waals surface area contributed by atoms with Crippen LogP contribution in [0.1, 0.15) is 16.0 Å². The summed E-state index contributed by atoms with van der Waals surface area (Å²) < 4.78 is 5.43. The molecule has 1 aliphatic heterocycles. The molecule has 0 bridgehead atoms. The summed E-state index contributed by atoms with van der Waals surface area (Å²) in [7, 11) is 1.57. The van der Waals surface area contributed by atoms with Crippen LogP contribution in [0.4, 0.5) is 11.4 Å². The van der Waals surface area contributed by atoms with E-state index < -0.39 is 0 Å².